The number of aliphatic imine (C=N–C) groups is 1. The zero-order chi connectivity index (χ0) is 31.3. The van der Waals surface area contributed by atoms with Gasteiger partial charge in [-0.3, -0.25) is 9.88 Å². The first kappa shape index (κ1) is 32.0. The molecule has 4 rings (SSSR count). The number of allylic oxidation sites excluding steroid dienone is 2. The van der Waals surface area contributed by atoms with Crippen molar-refractivity contribution in [1.29, 1.82) is 0 Å². The molecule has 9 nitrogen and oxygen atoms in total. The number of hydrogen-bond donors (Lipinski definition) is 2. The lowest BCUT2D eigenvalue weighted by Crippen LogP contribution is -2.45. The van der Waals surface area contributed by atoms with Crippen LogP contribution in [0.2, 0.25) is 0 Å². The summed E-state index contributed by atoms with van der Waals surface area (Å²) in [6.45, 7) is 13.0. The Morgan fingerprint density at radius 1 is 1.23 bits per heavy atom. The third-order valence-electron chi connectivity index (χ3n) is 7.59. The third-order valence-corrected chi connectivity index (χ3v) is 7.59. The van der Waals surface area contributed by atoms with Crippen LogP contribution in [0.1, 0.15) is 49.1 Å². The van der Waals surface area contributed by atoms with Crippen LogP contribution in [0.25, 0.3) is 0 Å². The molecule has 2 aliphatic heterocycles. The first-order valence-electron chi connectivity index (χ1n) is 14.1. The third kappa shape index (κ3) is 8.11. The lowest BCUT2D eigenvalue weighted by atomic mass is 9.96. The molecule has 0 spiro atoms. The molecule has 1 fully saturated rings. The van der Waals surface area contributed by atoms with Crippen LogP contribution in [-0.2, 0) is 19.3 Å². The summed E-state index contributed by atoms with van der Waals surface area (Å²) in [7, 11) is 0. The molecule has 1 aromatic heterocycles. The highest BCUT2D eigenvalue weighted by atomic mass is 19.4. The van der Waals surface area contributed by atoms with Crippen molar-refractivity contribution < 1.29 is 27.1 Å². The Labute approximate surface area is 248 Å². The van der Waals surface area contributed by atoms with Gasteiger partial charge in [-0.15, -0.1) is 0 Å². The van der Waals surface area contributed by atoms with Crippen molar-refractivity contribution in [1.82, 2.24) is 19.7 Å². The van der Waals surface area contributed by atoms with Crippen LogP contribution in [0.3, 0.4) is 0 Å². The van der Waals surface area contributed by atoms with Crippen LogP contribution in [-0.4, -0.2) is 71.7 Å². The van der Waals surface area contributed by atoms with Crippen LogP contribution < -0.4 is 15.8 Å². The Morgan fingerprint density at radius 3 is 2.56 bits per heavy atom. The number of fused-ring (bicyclic) bond motifs is 1. The number of aromatic nitrogens is 1. The predicted octanol–water partition coefficient (Wildman–Crippen LogP) is 5.47. The molecule has 0 radical (unpaired) electrons. The standard InChI is InChI=1S/C30H37F4N7O2/c1-5-39-8-10-40(11-9-39)17-21-6-7-23(13-25(21)30(32,33)34)38-29(42)41-16-19(2)28-22(18-41)12-24(15-37-28)43-26(20(3)31)14-27(35)36-4/h6-7,12-15,19H,4-5,8-11,16-18,35H2,1-3H3,(H,38,42)/b26-20-,27-14-. The summed E-state index contributed by atoms with van der Waals surface area (Å²) in [5.41, 5.74) is 6.49. The number of rotatable bonds is 8. The maximum atomic E-state index is 14.1. The zero-order valence-corrected chi connectivity index (χ0v) is 24.5. The van der Waals surface area contributed by atoms with Gasteiger partial charge in [0.2, 0.25) is 0 Å². The Hall–Kier alpha value is -3.97. The van der Waals surface area contributed by atoms with E-state index in [1.54, 1.807) is 6.07 Å². The van der Waals surface area contributed by atoms with Crippen molar-refractivity contribution in [2.45, 2.75) is 46.0 Å². The minimum absolute atomic E-state index is 0.0362. The van der Waals surface area contributed by atoms with Crippen LogP contribution >= 0.6 is 0 Å². The number of carbonyl (C=O) groups is 1. The quantitative estimate of drug-likeness (QED) is 0.180. The number of pyridine rings is 1. The fourth-order valence-electron chi connectivity index (χ4n) is 5.24. The first-order chi connectivity index (χ1) is 20.4. The van der Waals surface area contributed by atoms with Crippen molar-refractivity contribution >= 4 is 18.4 Å². The van der Waals surface area contributed by atoms with E-state index in [0.717, 1.165) is 31.4 Å². The molecule has 2 aromatic rings. The number of amides is 2. The number of halogens is 4. The number of alkyl halides is 3. The van der Waals surface area contributed by atoms with E-state index in [1.807, 2.05) is 11.8 Å². The largest absolute Gasteiger partial charge is 0.453 e. The van der Waals surface area contributed by atoms with E-state index in [0.29, 0.717) is 25.2 Å². The van der Waals surface area contributed by atoms with E-state index in [2.05, 4.69) is 33.8 Å². The molecular formula is C30H37F4N7O2. The van der Waals surface area contributed by atoms with E-state index < -0.39 is 23.6 Å². The highest BCUT2D eigenvalue weighted by Crippen LogP contribution is 2.35. The number of urea groups is 1. The van der Waals surface area contributed by atoms with Gasteiger partial charge in [0.05, 0.1) is 17.5 Å². The van der Waals surface area contributed by atoms with Gasteiger partial charge >= 0.3 is 12.2 Å². The highest BCUT2D eigenvalue weighted by molar-refractivity contribution is 5.89. The van der Waals surface area contributed by atoms with Crippen molar-refractivity contribution in [2.75, 3.05) is 44.6 Å². The molecule has 2 aliphatic rings. The number of likely N-dealkylation sites (N-methyl/N-ethyl adjacent to an activating group) is 1. The molecule has 0 aliphatic carbocycles. The Kier molecular flexibility index (Phi) is 10.1. The van der Waals surface area contributed by atoms with Crippen LogP contribution in [0.4, 0.5) is 28.0 Å². The van der Waals surface area contributed by atoms with Gasteiger partial charge in [0.25, 0.3) is 0 Å². The zero-order valence-electron chi connectivity index (χ0n) is 24.5. The van der Waals surface area contributed by atoms with Crippen LogP contribution in [0.5, 0.6) is 5.75 Å². The normalized spacial score (nSPS) is 19.0. The Balaban J connectivity index is 1.48. The summed E-state index contributed by atoms with van der Waals surface area (Å²) in [4.78, 5) is 27.0. The molecule has 1 unspecified atom stereocenters. The Bertz CT molecular complexity index is 1400. The lowest BCUT2D eigenvalue weighted by molar-refractivity contribution is -0.138. The molecule has 1 atom stereocenters. The summed E-state index contributed by atoms with van der Waals surface area (Å²) >= 11 is 0. The van der Waals surface area contributed by atoms with Crippen molar-refractivity contribution in [3.8, 4) is 5.75 Å². The summed E-state index contributed by atoms with van der Waals surface area (Å²) in [6.07, 6.45) is -1.94. The van der Waals surface area contributed by atoms with Crippen LogP contribution in [0, 0.1) is 0 Å². The molecule has 43 heavy (non-hydrogen) atoms. The van der Waals surface area contributed by atoms with Gasteiger partial charge in [-0.2, -0.15) is 13.2 Å². The average Bonchev–Trinajstić information content (AvgIpc) is 2.97. The molecule has 0 bridgehead atoms. The maximum Gasteiger partial charge on any atom is 0.416 e. The number of nitrogens with zero attached hydrogens (tertiary/aromatic N) is 5. The van der Waals surface area contributed by atoms with E-state index in [1.165, 1.54) is 36.2 Å². The van der Waals surface area contributed by atoms with Gasteiger partial charge in [0.1, 0.15) is 17.4 Å². The summed E-state index contributed by atoms with van der Waals surface area (Å²) in [5.74, 6) is -0.789. The van der Waals surface area contributed by atoms with Crippen molar-refractivity contribution in [3.05, 3.63) is 76.3 Å². The minimum atomic E-state index is -4.57. The monoisotopic (exact) mass is 603 g/mol. The number of hydrogen-bond acceptors (Lipinski definition) is 7. The van der Waals surface area contributed by atoms with E-state index in [9.17, 15) is 22.4 Å². The molecule has 232 valence electrons. The minimum Gasteiger partial charge on any atom is -0.453 e. The van der Waals surface area contributed by atoms with Crippen molar-refractivity contribution in [3.63, 3.8) is 0 Å². The fourth-order valence-corrected chi connectivity index (χ4v) is 5.24. The van der Waals surface area contributed by atoms with E-state index >= 15 is 0 Å². The lowest BCUT2D eigenvalue weighted by Gasteiger charge is -2.34. The van der Waals surface area contributed by atoms with E-state index in [-0.39, 0.29) is 47.6 Å². The second kappa shape index (κ2) is 13.6. The Morgan fingerprint density at radius 2 is 1.93 bits per heavy atom. The van der Waals surface area contributed by atoms with Gasteiger partial charge in [0, 0.05) is 63.5 Å². The van der Waals surface area contributed by atoms with Crippen LogP contribution in [0.15, 0.2) is 58.9 Å². The average molecular weight is 604 g/mol. The first-order valence-corrected chi connectivity index (χ1v) is 14.1. The highest BCUT2D eigenvalue weighted by Gasteiger charge is 2.35. The molecular weight excluding hydrogens is 566 g/mol. The maximum absolute atomic E-state index is 14.1. The molecule has 1 aromatic carbocycles. The second-order valence-corrected chi connectivity index (χ2v) is 10.7. The van der Waals surface area contributed by atoms with Gasteiger partial charge in [-0.05, 0) is 49.5 Å². The number of nitrogens with one attached hydrogen (secondary N) is 1. The summed E-state index contributed by atoms with van der Waals surface area (Å²) < 4.78 is 61.8. The second-order valence-electron chi connectivity index (χ2n) is 10.7. The molecule has 13 heteroatoms. The fraction of sp³-hybridized carbons (Fsp3) is 0.433. The summed E-state index contributed by atoms with van der Waals surface area (Å²) in [5, 5.41) is 2.63. The van der Waals surface area contributed by atoms with Gasteiger partial charge in [0.15, 0.2) is 5.76 Å². The number of ether oxygens (including phenoxy) is 1. The smallest absolute Gasteiger partial charge is 0.416 e. The number of carbonyl (C=O) groups excluding carboxylic acids is 1. The summed E-state index contributed by atoms with van der Waals surface area (Å²) in [6, 6.07) is 5.03. The van der Waals surface area contributed by atoms with Gasteiger partial charge in [-0.25, -0.2) is 14.2 Å². The number of anilines is 1. The predicted molar refractivity (Wildman–Crippen MR) is 157 cm³/mol. The molecule has 1 saturated heterocycles. The molecule has 0 saturated carbocycles. The number of piperazine rings is 1. The van der Waals surface area contributed by atoms with Crippen molar-refractivity contribution in [2.24, 2.45) is 10.7 Å². The SMILES string of the molecule is C=N/C(N)=C\C(Oc1cnc2c(c1)CN(C(=O)Nc1ccc(CN3CCN(CC)CC3)c(C(F)(F)F)c1)CC2C)=C(/C)F. The molecule has 2 amide bonds. The van der Waals surface area contributed by atoms with Gasteiger partial charge in [-0.1, -0.05) is 19.9 Å². The topological polar surface area (TPSA) is 99.3 Å². The van der Waals surface area contributed by atoms with Gasteiger partial charge < -0.3 is 25.6 Å². The van der Waals surface area contributed by atoms with E-state index in [4.69, 9.17) is 10.5 Å². The number of benzene rings is 1. The molecule has 3 heterocycles. The molecule has 3 N–H and O–H groups in total. The number of nitrogens with two attached hydrogens (primary N) is 1.